The Bertz CT molecular complexity index is 1100. The summed E-state index contributed by atoms with van der Waals surface area (Å²) < 4.78 is 12.4. The molecule has 3 heterocycles. The van der Waals surface area contributed by atoms with Gasteiger partial charge in [0.25, 0.3) is 0 Å². The maximum Gasteiger partial charge on any atom is 0.341 e. The van der Waals surface area contributed by atoms with Crippen LogP contribution in [0.1, 0.15) is 41.7 Å². The number of nitrogens with one attached hydrogen (secondary N) is 1. The molecule has 1 aromatic carbocycles. The summed E-state index contributed by atoms with van der Waals surface area (Å²) >= 11 is 1.47. The molecule has 0 fully saturated rings. The van der Waals surface area contributed by atoms with Gasteiger partial charge in [0.15, 0.2) is 0 Å². The van der Waals surface area contributed by atoms with Gasteiger partial charge < -0.3 is 14.5 Å². The molecule has 0 aliphatic heterocycles. The van der Waals surface area contributed by atoms with Crippen LogP contribution < -0.4 is 5.32 Å². The molecule has 0 radical (unpaired) electrons. The highest BCUT2D eigenvalue weighted by atomic mass is 32.1. The molecule has 7 nitrogen and oxygen atoms in total. The van der Waals surface area contributed by atoms with Crippen LogP contribution in [-0.2, 0) is 11.3 Å². The van der Waals surface area contributed by atoms with Gasteiger partial charge in [-0.1, -0.05) is 30.3 Å². The number of esters is 1. The van der Waals surface area contributed by atoms with Crippen molar-refractivity contribution in [2.24, 2.45) is 0 Å². The van der Waals surface area contributed by atoms with Crippen molar-refractivity contribution in [3.05, 3.63) is 77.3 Å². The normalized spacial score (nSPS) is 12.1. The Morgan fingerprint density at radius 3 is 2.83 bits per heavy atom. The molecule has 30 heavy (non-hydrogen) atoms. The van der Waals surface area contributed by atoms with Gasteiger partial charge in [-0.2, -0.15) is 5.10 Å². The molecule has 3 aromatic heterocycles. The van der Waals surface area contributed by atoms with Crippen molar-refractivity contribution in [3.8, 4) is 16.4 Å². The summed E-state index contributed by atoms with van der Waals surface area (Å²) in [5, 5.41) is 10.5. The van der Waals surface area contributed by atoms with E-state index in [1.165, 1.54) is 17.5 Å². The zero-order valence-electron chi connectivity index (χ0n) is 16.7. The van der Waals surface area contributed by atoms with Crippen molar-refractivity contribution in [1.29, 1.82) is 0 Å². The van der Waals surface area contributed by atoms with Gasteiger partial charge in [0.05, 0.1) is 36.5 Å². The Kier molecular flexibility index (Phi) is 6.06. The Balaban J connectivity index is 1.64. The number of nitrogens with zero attached hydrogens (tertiary/aromatic N) is 3. The first-order valence-electron chi connectivity index (χ1n) is 9.69. The van der Waals surface area contributed by atoms with Gasteiger partial charge in [-0.05, 0) is 26.0 Å². The molecule has 0 aliphatic carbocycles. The van der Waals surface area contributed by atoms with E-state index in [0.29, 0.717) is 29.5 Å². The highest BCUT2D eigenvalue weighted by Gasteiger charge is 2.22. The topological polar surface area (TPSA) is 82.2 Å². The third-order valence-corrected chi connectivity index (χ3v) is 5.47. The number of hydrogen-bond acceptors (Lipinski definition) is 7. The summed E-state index contributed by atoms with van der Waals surface area (Å²) in [4.78, 5) is 17.2. The minimum atomic E-state index is -0.397. The summed E-state index contributed by atoms with van der Waals surface area (Å²) in [5.74, 6) is 0.422. The van der Waals surface area contributed by atoms with Crippen molar-refractivity contribution in [1.82, 2.24) is 20.1 Å². The van der Waals surface area contributed by atoms with Gasteiger partial charge in [0, 0.05) is 17.5 Å². The van der Waals surface area contributed by atoms with Gasteiger partial charge in [0.1, 0.15) is 11.3 Å². The van der Waals surface area contributed by atoms with Crippen molar-refractivity contribution in [2.75, 3.05) is 6.61 Å². The number of carbonyl (C=O) groups is 1. The quantitative estimate of drug-likeness (QED) is 0.417. The van der Waals surface area contributed by atoms with Gasteiger partial charge in [-0.3, -0.25) is 0 Å². The summed E-state index contributed by atoms with van der Waals surface area (Å²) in [6.45, 7) is 4.48. The van der Waals surface area contributed by atoms with Crippen LogP contribution in [0, 0.1) is 0 Å². The van der Waals surface area contributed by atoms with E-state index in [9.17, 15) is 4.79 Å². The largest absolute Gasteiger partial charge is 0.468 e. The van der Waals surface area contributed by atoms with Crippen LogP contribution in [0.4, 0.5) is 0 Å². The van der Waals surface area contributed by atoms with Crippen molar-refractivity contribution in [3.63, 3.8) is 0 Å². The zero-order chi connectivity index (χ0) is 20.9. The van der Waals surface area contributed by atoms with Gasteiger partial charge in [0.2, 0.25) is 5.13 Å². The van der Waals surface area contributed by atoms with Crippen LogP contribution in [0.5, 0.6) is 0 Å². The number of rotatable bonds is 8. The van der Waals surface area contributed by atoms with E-state index in [-0.39, 0.29) is 6.04 Å². The fraction of sp³-hybridized carbons (Fsp3) is 0.227. The first kappa shape index (κ1) is 20.1. The number of carbonyl (C=O) groups excluding carboxylic acids is 1. The average molecular weight is 423 g/mol. The Morgan fingerprint density at radius 1 is 1.27 bits per heavy atom. The first-order chi connectivity index (χ1) is 14.7. The van der Waals surface area contributed by atoms with Crippen molar-refractivity contribution < 1.29 is 13.9 Å². The van der Waals surface area contributed by atoms with E-state index in [4.69, 9.17) is 14.1 Å². The molecule has 0 aliphatic rings. The number of thiazole rings is 1. The average Bonchev–Trinajstić information content (AvgIpc) is 3.53. The minimum absolute atomic E-state index is 0.0328. The number of ether oxygens (including phenoxy) is 1. The molecular formula is C22H22N4O3S. The van der Waals surface area contributed by atoms with E-state index < -0.39 is 5.97 Å². The zero-order valence-corrected chi connectivity index (χ0v) is 17.6. The lowest BCUT2D eigenvalue weighted by molar-refractivity contribution is 0.0524. The molecule has 0 saturated heterocycles. The highest BCUT2D eigenvalue weighted by Crippen LogP contribution is 2.26. The van der Waals surface area contributed by atoms with Gasteiger partial charge in [-0.15, -0.1) is 11.3 Å². The molecule has 1 N–H and O–H groups in total. The fourth-order valence-corrected chi connectivity index (χ4v) is 3.89. The van der Waals surface area contributed by atoms with Crippen LogP contribution >= 0.6 is 11.3 Å². The molecular weight excluding hydrogens is 400 g/mol. The SMILES string of the molecule is CCOC(=O)c1cnn(-c2nc(-c3ccccc3)cs2)c1CN[C@@H](C)c1ccco1. The van der Waals surface area contributed by atoms with Crippen molar-refractivity contribution in [2.45, 2.75) is 26.4 Å². The molecule has 4 aromatic rings. The van der Waals surface area contributed by atoms with Crippen LogP contribution in [0.25, 0.3) is 16.4 Å². The van der Waals surface area contributed by atoms with Crippen LogP contribution in [0.3, 0.4) is 0 Å². The Hall–Kier alpha value is -3.23. The first-order valence-corrected chi connectivity index (χ1v) is 10.6. The van der Waals surface area contributed by atoms with E-state index in [1.54, 1.807) is 17.9 Å². The van der Waals surface area contributed by atoms with Crippen molar-refractivity contribution >= 4 is 17.3 Å². The lowest BCUT2D eigenvalue weighted by Crippen LogP contribution is -2.21. The number of benzene rings is 1. The minimum Gasteiger partial charge on any atom is -0.468 e. The van der Waals surface area contributed by atoms with Crippen LogP contribution in [-0.4, -0.2) is 27.3 Å². The Labute approximate surface area is 178 Å². The predicted octanol–water partition coefficient (Wildman–Crippen LogP) is 4.62. The molecule has 0 amide bonds. The van der Waals surface area contributed by atoms with E-state index >= 15 is 0 Å². The van der Waals surface area contributed by atoms with Crippen LogP contribution in [0.2, 0.25) is 0 Å². The monoisotopic (exact) mass is 422 g/mol. The summed E-state index contributed by atoms with van der Waals surface area (Å²) in [7, 11) is 0. The second-order valence-electron chi connectivity index (χ2n) is 6.64. The summed E-state index contributed by atoms with van der Waals surface area (Å²) in [6, 6.07) is 13.7. The lowest BCUT2D eigenvalue weighted by Gasteiger charge is -2.13. The predicted molar refractivity (Wildman–Crippen MR) is 115 cm³/mol. The molecule has 8 heteroatoms. The smallest absolute Gasteiger partial charge is 0.341 e. The maximum absolute atomic E-state index is 12.5. The molecule has 0 spiro atoms. The number of aromatic nitrogens is 3. The summed E-state index contributed by atoms with van der Waals surface area (Å²) in [6.07, 6.45) is 3.18. The third-order valence-electron chi connectivity index (χ3n) is 4.65. The van der Waals surface area contributed by atoms with Gasteiger partial charge >= 0.3 is 5.97 Å². The highest BCUT2D eigenvalue weighted by molar-refractivity contribution is 7.12. The lowest BCUT2D eigenvalue weighted by atomic mass is 10.2. The maximum atomic E-state index is 12.5. The standard InChI is InChI=1S/C22H22N4O3S/c1-3-28-21(27)17-12-24-26(19(17)13-23-15(2)20-10-7-11-29-20)22-25-18(14-30-22)16-8-5-4-6-9-16/h4-12,14-15,23H,3,13H2,1-2H3/t15-/m0/s1. The molecule has 0 bridgehead atoms. The fourth-order valence-electron chi connectivity index (χ4n) is 3.08. The second-order valence-corrected chi connectivity index (χ2v) is 7.47. The molecule has 4 rings (SSSR count). The molecule has 0 saturated carbocycles. The molecule has 1 atom stereocenters. The second kappa shape index (κ2) is 9.06. The van der Waals surface area contributed by atoms with Gasteiger partial charge in [-0.25, -0.2) is 14.5 Å². The van der Waals surface area contributed by atoms with E-state index in [2.05, 4.69) is 10.4 Å². The Morgan fingerprint density at radius 2 is 2.10 bits per heavy atom. The summed E-state index contributed by atoms with van der Waals surface area (Å²) in [5.41, 5.74) is 3.02. The number of hydrogen-bond donors (Lipinski definition) is 1. The van der Waals surface area contributed by atoms with Crippen LogP contribution in [0.15, 0.2) is 64.7 Å². The molecule has 0 unspecified atom stereocenters. The number of furan rings is 1. The third kappa shape index (κ3) is 4.19. The van der Waals surface area contributed by atoms with E-state index in [1.807, 2.05) is 54.8 Å². The van der Waals surface area contributed by atoms with E-state index in [0.717, 1.165) is 17.0 Å². The molecule has 154 valence electrons.